The van der Waals surface area contributed by atoms with Crippen molar-refractivity contribution >= 4 is 5.97 Å². The fourth-order valence-electron chi connectivity index (χ4n) is 1.92. The molecule has 0 aliphatic carbocycles. The van der Waals surface area contributed by atoms with Crippen LogP contribution in [0, 0.1) is 6.92 Å². The zero-order valence-electron chi connectivity index (χ0n) is 7.00. The van der Waals surface area contributed by atoms with Gasteiger partial charge in [0.15, 0.2) is 0 Å². The molecule has 0 saturated carbocycles. The molecule has 1 aliphatic rings. The number of aromatic nitrogens is 1. The summed E-state index contributed by atoms with van der Waals surface area (Å²) in [6.07, 6.45) is 2.10. The molecule has 64 valence electrons. The van der Waals surface area contributed by atoms with Gasteiger partial charge in [-0.25, -0.2) is 4.79 Å². The minimum absolute atomic E-state index is 0.475. The standard InChI is InChI=1S/C9H11NO2/c1-6-5-7-3-2-4-10(7)8(6)9(11)12/h5H,2-4H2,1H3,(H,11,12). The van der Waals surface area contributed by atoms with Crippen molar-refractivity contribution in [3.8, 4) is 0 Å². The second-order valence-corrected chi connectivity index (χ2v) is 3.23. The largest absolute Gasteiger partial charge is 0.477 e. The van der Waals surface area contributed by atoms with Gasteiger partial charge in [-0.2, -0.15) is 0 Å². The van der Waals surface area contributed by atoms with Crippen LogP contribution in [0.15, 0.2) is 6.07 Å². The quantitative estimate of drug-likeness (QED) is 0.684. The Morgan fingerprint density at radius 3 is 3.08 bits per heavy atom. The number of hydrogen-bond acceptors (Lipinski definition) is 1. The number of carboxylic acid groups (broad SMARTS) is 1. The zero-order chi connectivity index (χ0) is 8.72. The smallest absolute Gasteiger partial charge is 0.352 e. The first-order chi connectivity index (χ1) is 5.70. The summed E-state index contributed by atoms with van der Waals surface area (Å²) in [6, 6.07) is 1.98. The number of hydrogen-bond donors (Lipinski definition) is 1. The molecule has 1 N–H and O–H groups in total. The van der Waals surface area contributed by atoms with Crippen molar-refractivity contribution in [2.45, 2.75) is 26.3 Å². The molecule has 0 unspecified atom stereocenters. The Hall–Kier alpha value is -1.25. The van der Waals surface area contributed by atoms with Gasteiger partial charge in [-0.1, -0.05) is 0 Å². The van der Waals surface area contributed by atoms with E-state index in [1.807, 2.05) is 17.6 Å². The maximum atomic E-state index is 10.8. The van der Waals surface area contributed by atoms with Crippen LogP contribution in [0.3, 0.4) is 0 Å². The van der Waals surface area contributed by atoms with E-state index in [9.17, 15) is 4.79 Å². The van der Waals surface area contributed by atoms with E-state index in [1.165, 1.54) is 5.69 Å². The Morgan fingerprint density at radius 1 is 1.67 bits per heavy atom. The maximum absolute atomic E-state index is 10.8. The molecule has 2 rings (SSSR count). The van der Waals surface area contributed by atoms with Gasteiger partial charge in [0.2, 0.25) is 0 Å². The van der Waals surface area contributed by atoms with Crippen LogP contribution in [0.2, 0.25) is 0 Å². The molecule has 0 atom stereocenters. The van der Waals surface area contributed by atoms with E-state index in [4.69, 9.17) is 5.11 Å². The summed E-state index contributed by atoms with van der Waals surface area (Å²) in [4.78, 5) is 10.8. The van der Waals surface area contributed by atoms with Crippen LogP contribution >= 0.6 is 0 Å². The molecule has 1 aliphatic heterocycles. The van der Waals surface area contributed by atoms with Gasteiger partial charge in [-0.05, 0) is 31.4 Å². The van der Waals surface area contributed by atoms with Crippen molar-refractivity contribution in [2.24, 2.45) is 0 Å². The van der Waals surface area contributed by atoms with Gasteiger partial charge in [0.1, 0.15) is 5.69 Å². The first-order valence-electron chi connectivity index (χ1n) is 4.12. The molecule has 1 aromatic rings. The van der Waals surface area contributed by atoms with Gasteiger partial charge in [-0.3, -0.25) is 0 Å². The summed E-state index contributed by atoms with van der Waals surface area (Å²) in [5.41, 5.74) is 2.53. The Balaban J connectivity index is 2.59. The maximum Gasteiger partial charge on any atom is 0.352 e. The average Bonchev–Trinajstić information content (AvgIpc) is 2.44. The van der Waals surface area contributed by atoms with Crippen LogP contribution in [0.1, 0.15) is 28.2 Å². The number of carbonyl (C=O) groups is 1. The second-order valence-electron chi connectivity index (χ2n) is 3.23. The molecule has 0 aromatic carbocycles. The van der Waals surface area contributed by atoms with E-state index in [0.717, 1.165) is 24.9 Å². The lowest BCUT2D eigenvalue weighted by molar-refractivity contribution is 0.0684. The molecule has 3 heteroatoms. The van der Waals surface area contributed by atoms with Gasteiger partial charge in [0, 0.05) is 12.2 Å². The molecule has 12 heavy (non-hydrogen) atoms. The van der Waals surface area contributed by atoms with Gasteiger partial charge >= 0.3 is 5.97 Å². The molecule has 0 radical (unpaired) electrons. The molecular formula is C9H11NO2. The van der Waals surface area contributed by atoms with E-state index >= 15 is 0 Å². The normalized spacial score (nSPS) is 14.8. The predicted molar refractivity (Wildman–Crippen MR) is 44.4 cm³/mol. The summed E-state index contributed by atoms with van der Waals surface area (Å²) in [6.45, 7) is 2.72. The first kappa shape index (κ1) is 7.40. The lowest BCUT2D eigenvalue weighted by Gasteiger charge is -2.01. The fourth-order valence-corrected chi connectivity index (χ4v) is 1.92. The predicted octanol–water partition coefficient (Wildman–Crippen LogP) is 1.44. The third-order valence-corrected chi connectivity index (χ3v) is 2.39. The van der Waals surface area contributed by atoms with Gasteiger partial charge in [0.05, 0.1) is 0 Å². The fraction of sp³-hybridized carbons (Fsp3) is 0.444. The molecule has 0 fully saturated rings. The van der Waals surface area contributed by atoms with Crippen LogP contribution in [-0.2, 0) is 13.0 Å². The molecule has 0 saturated heterocycles. The number of rotatable bonds is 1. The van der Waals surface area contributed by atoms with E-state index < -0.39 is 5.97 Å². The highest BCUT2D eigenvalue weighted by molar-refractivity contribution is 5.88. The molecule has 0 bridgehead atoms. The molecule has 3 nitrogen and oxygen atoms in total. The third-order valence-electron chi connectivity index (χ3n) is 2.39. The molecular weight excluding hydrogens is 154 g/mol. The highest BCUT2D eigenvalue weighted by atomic mass is 16.4. The lowest BCUT2D eigenvalue weighted by atomic mass is 10.2. The summed E-state index contributed by atoms with van der Waals surface area (Å²) >= 11 is 0. The van der Waals surface area contributed by atoms with Crippen LogP contribution in [0.25, 0.3) is 0 Å². The van der Waals surface area contributed by atoms with Crippen molar-refractivity contribution in [1.29, 1.82) is 0 Å². The van der Waals surface area contributed by atoms with Crippen LogP contribution in [0.4, 0.5) is 0 Å². The van der Waals surface area contributed by atoms with E-state index in [1.54, 1.807) is 0 Å². The molecule has 0 amide bonds. The van der Waals surface area contributed by atoms with E-state index in [0.29, 0.717) is 5.69 Å². The zero-order valence-corrected chi connectivity index (χ0v) is 7.00. The van der Waals surface area contributed by atoms with Crippen molar-refractivity contribution in [1.82, 2.24) is 4.57 Å². The number of carboxylic acids is 1. The molecule has 0 spiro atoms. The Morgan fingerprint density at radius 2 is 2.42 bits per heavy atom. The summed E-state index contributed by atoms with van der Waals surface area (Å²) in [7, 11) is 0. The molecule has 1 aromatic heterocycles. The average molecular weight is 165 g/mol. The summed E-state index contributed by atoms with van der Waals surface area (Å²) in [5, 5.41) is 8.90. The molecule has 2 heterocycles. The van der Waals surface area contributed by atoms with Crippen molar-refractivity contribution in [2.75, 3.05) is 0 Å². The van der Waals surface area contributed by atoms with Gasteiger partial charge < -0.3 is 9.67 Å². The van der Waals surface area contributed by atoms with Gasteiger partial charge in [-0.15, -0.1) is 0 Å². The van der Waals surface area contributed by atoms with Crippen LogP contribution < -0.4 is 0 Å². The number of aryl methyl sites for hydroxylation is 2. The Labute approximate surface area is 70.6 Å². The van der Waals surface area contributed by atoms with Crippen molar-refractivity contribution in [3.05, 3.63) is 23.0 Å². The lowest BCUT2D eigenvalue weighted by Crippen LogP contribution is -2.07. The monoisotopic (exact) mass is 165 g/mol. The SMILES string of the molecule is Cc1cc2n(c1C(=O)O)CCC2. The minimum atomic E-state index is -0.805. The number of fused-ring (bicyclic) bond motifs is 1. The Bertz CT molecular complexity index is 339. The highest BCUT2D eigenvalue weighted by Gasteiger charge is 2.20. The van der Waals surface area contributed by atoms with Crippen molar-refractivity contribution in [3.63, 3.8) is 0 Å². The highest BCUT2D eigenvalue weighted by Crippen LogP contribution is 2.22. The topological polar surface area (TPSA) is 42.2 Å². The third kappa shape index (κ3) is 0.858. The summed E-state index contributed by atoms with van der Waals surface area (Å²) < 4.78 is 1.91. The number of aromatic carboxylic acids is 1. The van der Waals surface area contributed by atoms with Crippen molar-refractivity contribution < 1.29 is 9.90 Å². The minimum Gasteiger partial charge on any atom is -0.477 e. The number of nitrogens with zero attached hydrogens (tertiary/aromatic N) is 1. The Kier molecular flexibility index (Phi) is 1.46. The summed E-state index contributed by atoms with van der Waals surface area (Å²) in [5.74, 6) is -0.805. The second kappa shape index (κ2) is 2.37. The van der Waals surface area contributed by atoms with Crippen LogP contribution in [0.5, 0.6) is 0 Å². The van der Waals surface area contributed by atoms with Gasteiger partial charge in [0.25, 0.3) is 0 Å². The van der Waals surface area contributed by atoms with E-state index in [2.05, 4.69) is 0 Å². The van der Waals surface area contributed by atoms with E-state index in [-0.39, 0.29) is 0 Å². The van der Waals surface area contributed by atoms with Crippen LogP contribution in [-0.4, -0.2) is 15.6 Å². The first-order valence-corrected chi connectivity index (χ1v) is 4.12.